The maximum Gasteiger partial charge on any atom is 0.315 e. The van der Waals surface area contributed by atoms with E-state index in [-0.39, 0.29) is 12.4 Å². The third-order valence-corrected chi connectivity index (χ3v) is 3.92. The maximum atomic E-state index is 12.0. The van der Waals surface area contributed by atoms with Crippen molar-refractivity contribution in [1.29, 1.82) is 0 Å². The van der Waals surface area contributed by atoms with Gasteiger partial charge in [0.15, 0.2) is 0 Å². The van der Waals surface area contributed by atoms with Crippen LogP contribution in [0.3, 0.4) is 0 Å². The van der Waals surface area contributed by atoms with Crippen molar-refractivity contribution in [3.8, 4) is 5.75 Å². The molecule has 2 nitrogen and oxygen atoms in total. The Bertz CT molecular complexity index is 794. The molecule has 0 aliphatic rings. The number of esters is 1. The van der Waals surface area contributed by atoms with Crippen LogP contribution >= 0.6 is 11.6 Å². The molecule has 0 saturated heterocycles. The molecule has 0 saturated carbocycles. The highest BCUT2D eigenvalue weighted by molar-refractivity contribution is 6.30. The summed E-state index contributed by atoms with van der Waals surface area (Å²) in [6.07, 6.45) is 1.09. The van der Waals surface area contributed by atoms with Gasteiger partial charge in [0.25, 0.3) is 0 Å². The van der Waals surface area contributed by atoms with Gasteiger partial charge in [0.05, 0.1) is 6.42 Å². The van der Waals surface area contributed by atoms with Gasteiger partial charge in [-0.15, -0.1) is 0 Å². The van der Waals surface area contributed by atoms with Crippen molar-refractivity contribution >= 4 is 17.6 Å². The van der Waals surface area contributed by atoms with Crippen LogP contribution in [0.1, 0.15) is 16.7 Å². The van der Waals surface area contributed by atoms with Crippen LogP contribution in [0.4, 0.5) is 0 Å². The molecule has 0 N–H and O–H groups in total. The number of halogens is 1. The first kappa shape index (κ1) is 16.3. The van der Waals surface area contributed by atoms with Crippen molar-refractivity contribution in [3.05, 3.63) is 101 Å². The van der Waals surface area contributed by atoms with E-state index in [1.807, 2.05) is 54.6 Å². The average molecular weight is 337 g/mol. The Morgan fingerprint density at radius 3 is 2.00 bits per heavy atom. The molecule has 0 atom stereocenters. The number of hydrogen-bond acceptors (Lipinski definition) is 2. The number of rotatable bonds is 5. The van der Waals surface area contributed by atoms with Gasteiger partial charge in [0, 0.05) is 5.02 Å². The summed E-state index contributed by atoms with van der Waals surface area (Å²) >= 11 is 5.83. The molecule has 3 heteroatoms. The van der Waals surface area contributed by atoms with E-state index in [4.69, 9.17) is 16.3 Å². The molecule has 0 spiro atoms. The Hall–Kier alpha value is -2.58. The van der Waals surface area contributed by atoms with Crippen LogP contribution in [0.25, 0.3) is 0 Å². The van der Waals surface area contributed by atoms with Gasteiger partial charge >= 0.3 is 5.97 Å². The summed E-state index contributed by atoms with van der Waals surface area (Å²) in [4.78, 5) is 12.0. The highest BCUT2D eigenvalue weighted by Crippen LogP contribution is 2.16. The topological polar surface area (TPSA) is 26.3 Å². The van der Waals surface area contributed by atoms with E-state index in [2.05, 4.69) is 12.1 Å². The van der Waals surface area contributed by atoms with E-state index in [0.717, 1.165) is 12.0 Å². The van der Waals surface area contributed by atoms with Crippen LogP contribution in [0.15, 0.2) is 78.9 Å². The Morgan fingerprint density at radius 1 is 0.750 bits per heavy atom. The number of carbonyl (C=O) groups is 1. The summed E-state index contributed by atoms with van der Waals surface area (Å²) in [6.45, 7) is 0. The predicted molar refractivity (Wildman–Crippen MR) is 96.5 cm³/mol. The average Bonchev–Trinajstić information content (AvgIpc) is 2.60. The molecule has 0 radical (unpaired) electrons. The Balaban J connectivity index is 1.57. The zero-order valence-corrected chi connectivity index (χ0v) is 13.9. The van der Waals surface area contributed by atoms with E-state index in [1.54, 1.807) is 12.1 Å². The second-order valence-electron chi connectivity index (χ2n) is 5.58. The maximum absolute atomic E-state index is 12.0. The second-order valence-corrected chi connectivity index (χ2v) is 6.02. The van der Waals surface area contributed by atoms with Crippen LogP contribution in [0.2, 0.25) is 5.02 Å². The van der Waals surface area contributed by atoms with Crippen molar-refractivity contribution in [1.82, 2.24) is 0 Å². The molecule has 0 fully saturated rings. The molecule has 0 amide bonds. The summed E-state index contributed by atoms with van der Waals surface area (Å²) < 4.78 is 5.38. The molecule has 0 aliphatic carbocycles. The third-order valence-electron chi connectivity index (χ3n) is 3.67. The van der Waals surface area contributed by atoms with Crippen molar-refractivity contribution < 1.29 is 9.53 Å². The zero-order chi connectivity index (χ0) is 16.8. The van der Waals surface area contributed by atoms with Gasteiger partial charge in [0.2, 0.25) is 0 Å². The van der Waals surface area contributed by atoms with Crippen molar-refractivity contribution in [2.45, 2.75) is 12.8 Å². The molecule has 3 aromatic rings. The smallest absolute Gasteiger partial charge is 0.315 e. The summed E-state index contributed by atoms with van der Waals surface area (Å²) in [6, 6.07) is 25.1. The molecule has 3 rings (SSSR count). The van der Waals surface area contributed by atoms with E-state index < -0.39 is 0 Å². The number of hydrogen-bond donors (Lipinski definition) is 0. The van der Waals surface area contributed by atoms with E-state index in [0.29, 0.717) is 10.8 Å². The van der Waals surface area contributed by atoms with Crippen LogP contribution in [0, 0.1) is 0 Å². The van der Waals surface area contributed by atoms with Crippen LogP contribution in [-0.4, -0.2) is 5.97 Å². The van der Waals surface area contributed by atoms with E-state index >= 15 is 0 Å². The highest BCUT2D eigenvalue weighted by Gasteiger charge is 2.07. The Kier molecular flexibility index (Phi) is 5.29. The summed E-state index contributed by atoms with van der Waals surface area (Å²) in [5, 5.41) is 0.654. The SMILES string of the molecule is O=C(Cc1ccc(Cl)cc1)Oc1ccc(Cc2ccccc2)cc1. The molecule has 0 aromatic heterocycles. The molecule has 0 aliphatic heterocycles. The first-order valence-corrected chi connectivity index (χ1v) is 8.15. The molecular weight excluding hydrogens is 320 g/mol. The Labute approximate surface area is 146 Å². The monoisotopic (exact) mass is 336 g/mol. The van der Waals surface area contributed by atoms with Crippen LogP contribution in [-0.2, 0) is 17.6 Å². The second kappa shape index (κ2) is 7.80. The van der Waals surface area contributed by atoms with Gasteiger partial charge in [-0.25, -0.2) is 0 Å². The van der Waals surface area contributed by atoms with Gasteiger partial charge in [-0.05, 0) is 47.4 Å². The molecule has 3 aromatic carbocycles. The van der Waals surface area contributed by atoms with Crippen molar-refractivity contribution in [2.75, 3.05) is 0 Å². The molecule has 0 heterocycles. The van der Waals surface area contributed by atoms with Gasteiger partial charge in [-0.1, -0.05) is 66.2 Å². The number of ether oxygens (including phenoxy) is 1. The third kappa shape index (κ3) is 4.71. The van der Waals surface area contributed by atoms with Gasteiger partial charge in [0.1, 0.15) is 5.75 Å². The minimum Gasteiger partial charge on any atom is -0.426 e. The fourth-order valence-corrected chi connectivity index (χ4v) is 2.57. The fraction of sp³-hybridized carbons (Fsp3) is 0.0952. The van der Waals surface area contributed by atoms with Crippen LogP contribution < -0.4 is 4.74 Å². The zero-order valence-electron chi connectivity index (χ0n) is 13.1. The lowest BCUT2D eigenvalue weighted by Gasteiger charge is -2.06. The van der Waals surface area contributed by atoms with Crippen molar-refractivity contribution in [3.63, 3.8) is 0 Å². The lowest BCUT2D eigenvalue weighted by Crippen LogP contribution is -2.11. The summed E-state index contributed by atoms with van der Waals surface area (Å²) in [5.41, 5.74) is 3.31. The molecule has 0 unspecified atom stereocenters. The van der Waals surface area contributed by atoms with Gasteiger partial charge < -0.3 is 4.74 Å². The molecule has 24 heavy (non-hydrogen) atoms. The van der Waals surface area contributed by atoms with Crippen molar-refractivity contribution in [2.24, 2.45) is 0 Å². The molecular formula is C21H17ClO2. The minimum absolute atomic E-state index is 0.225. The minimum atomic E-state index is -0.284. The quantitative estimate of drug-likeness (QED) is 0.480. The standard InChI is InChI=1S/C21H17ClO2/c22-19-10-6-18(7-11-19)15-21(23)24-20-12-8-17(9-13-20)14-16-4-2-1-3-5-16/h1-13H,14-15H2. The first-order chi connectivity index (χ1) is 11.7. The van der Waals surface area contributed by atoms with Gasteiger partial charge in [-0.2, -0.15) is 0 Å². The lowest BCUT2D eigenvalue weighted by atomic mass is 10.1. The fourth-order valence-electron chi connectivity index (χ4n) is 2.44. The Morgan fingerprint density at radius 2 is 1.33 bits per heavy atom. The predicted octanol–water partition coefficient (Wildman–Crippen LogP) is 5.08. The number of benzene rings is 3. The van der Waals surface area contributed by atoms with E-state index in [1.165, 1.54) is 11.1 Å². The van der Waals surface area contributed by atoms with Gasteiger partial charge in [-0.3, -0.25) is 4.79 Å². The van der Waals surface area contributed by atoms with E-state index in [9.17, 15) is 4.79 Å². The largest absolute Gasteiger partial charge is 0.426 e. The number of carbonyl (C=O) groups excluding carboxylic acids is 1. The molecule has 0 bridgehead atoms. The first-order valence-electron chi connectivity index (χ1n) is 7.77. The lowest BCUT2D eigenvalue weighted by molar-refractivity contribution is -0.133. The van der Waals surface area contributed by atoms with Crippen LogP contribution in [0.5, 0.6) is 5.75 Å². The normalized spacial score (nSPS) is 10.4. The molecule has 120 valence electrons. The summed E-state index contributed by atoms with van der Waals surface area (Å²) in [7, 11) is 0. The highest BCUT2D eigenvalue weighted by atomic mass is 35.5. The summed E-state index contributed by atoms with van der Waals surface area (Å²) in [5.74, 6) is 0.277.